The van der Waals surface area contributed by atoms with E-state index in [2.05, 4.69) is 0 Å². The van der Waals surface area contributed by atoms with Crippen LogP contribution in [0, 0.1) is 5.92 Å². The molecular weight excluding hydrogens is 256 g/mol. The first kappa shape index (κ1) is 14.9. The third kappa shape index (κ3) is 4.85. The maximum Gasteiger partial charge on any atom is 0.335 e. The molecule has 0 saturated heterocycles. The monoisotopic (exact) mass is 278 g/mol. The second-order valence-electron chi connectivity index (χ2n) is 5.26. The van der Waals surface area contributed by atoms with E-state index in [1.54, 1.807) is 24.3 Å². The number of benzene rings is 1. The predicted octanol–water partition coefficient (Wildman–Crippen LogP) is 3.36. The van der Waals surface area contributed by atoms with Crippen LogP contribution in [0.1, 0.15) is 42.5 Å². The van der Waals surface area contributed by atoms with Crippen molar-refractivity contribution in [2.75, 3.05) is 19.8 Å². The average molecular weight is 278 g/mol. The Morgan fingerprint density at radius 2 is 1.80 bits per heavy atom. The molecule has 2 rings (SSSR count). The van der Waals surface area contributed by atoms with Crippen LogP contribution in [0.5, 0.6) is 5.75 Å². The van der Waals surface area contributed by atoms with Crippen molar-refractivity contribution in [2.24, 2.45) is 5.92 Å². The molecule has 0 aliphatic heterocycles. The summed E-state index contributed by atoms with van der Waals surface area (Å²) in [5.41, 5.74) is 0.269. The normalized spacial score (nSPS) is 16.0. The van der Waals surface area contributed by atoms with Crippen LogP contribution in [-0.4, -0.2) is 30.9 Å². The number of rotatable bonds is 7. The zero-order chi connectivity index (χ0) is 14.2. The van der Waals surface area contributed by atoms with Gasteiger partial charge >= 0.3 is 5.97 Å². The van der Waals surface area contributed by atoms with Crippen molar-refractivity contribution in [3.63, 3.8) is 0 Å². The van der Waals surface area contributed by atoms with Crippen LogP contribution in [0.3, 0.4) is 0 Å². The Bertz CT molecular complexity index is 407. The van der Waals surface area contributed by atoms with Crippen LogP contribution in [0.25, 0.3) is 0 Å². The summed E-state index contributed by atoms with van der Waals surface area (Å²) in [6, 6.07) is 6.43. The SMILES string of the molecule is O=C(O)c1ccc(OCCOCC2CCCCC2)cc1. The van der Waals surface area contributed by atoms with Gasteiger partial charge < -0.3 is 14.6 Å². The van der Waals surface area contributed by atoms with Crippen molar-refractivity contribution < 1.29 is 19.4 Å². The van der Waals surface area contributed by atoms with Crippen molar-refractivity contribution in [2.45, 2.75) is 32.1 Å². The van der Waals surface area contributed by atoms with Crippen LogP contribution in [-0.2, 0) is 4.74 Å². The molecule has 1 aliphatic rings. The van der Waals surface area contributed by atoms with Gasteiger partial charge in [0.2, 0.25) is 0 Å². The van der Waals surface area contributed by atoms with E-state index in [0.29, 0.717) is 19.0 Å². The molecule has 0 spiro atoms. The van der Waals surface area contributed by atoms with Crippen molar-refractivity contribution in [3.05, 3.63) is 29.8 Å². The molecule has 1 saturated carbocycles. The maximum atomic E-state index is 10.7. The molecular formula is C16H22O4. The number of hydrogen-bond donors (Lipinski definition) is 1. The summed E-state index contributed by atoms with van der Waals surface area (Å²) in [4.78, 5) is 10.7. The van der Waals surface area contributed by atoms with Gasteiger partial charge in [0.05, 0.1) is 12.2 Å². The van der Waals surface area contributed by atoms with Crippen LogP contribution < -0.4 is 4.74 Å². The van der Waals surface area contributed by atoms with Crippen LogP contribution in [0.2, 0.25) is 0 Å². The molecule has 1 aromatic rings. The summed E-state index contributed by atoms with van der Waals surface area (Å²) in [5.74, 6) is 0.474. The van der Waals surface area contributed by atoms with E-state index in [9.17, 15) is 4.79 Å². The fourth-order valence-electron chi connectivity index (χ4n) is 2.52. The first-order valence-corrected chi connectivity index (χ1v) is 7.29. The number of carboxylic acid groups (broad SMARTS) is 1. The van der Waals surface area contributed by atoms with E-state index < -0.39 is 5.97 Å². The Balaban J connectivity index is 1.59. The first-order valence-electron chi connectivity index (χ1n) is 7.29. The van der Waals surface area contributed by atoms with Gasteiger partial charge in [0, 0.05) is 6.61 Å². The molecule has 1 aromatic carbocycles. The molecule has 0 heterocycles. The predicted molar refractivity (Wildman–Crippen MR) is 76.3 cm³/mol. The lowest BCUT2D eigenvalue weighted by Crippen LogP contribution is -2.16. The highest BCUT2D eigenvalue weighted by Gasteiger charge is 2.13. The van der Waals surface area contributed by atoms with E-state index in [1.807, 2.05) is 0 Å². The van der Waals surface area contributed by atoms with Gasteiger partial charge in [0.15, 0.2) is 0 Å². The van der Waals surface area contributed by atoms with E-state index in [0.717, 1.165) is 12.5 Å². The summed E-state index contributed by atoms with van der Waals surface area (Å²) >= 11 is 0. The van der Waals surface area contributed by atoms with Gasteiger partial charge in [-0.15, -0.1) is 0 Å². The minimum absolute atomic E-state index is 0.269. The Labute approximate surface area is 119 Å². The Morgan fingerprint density at radius 1 is 1.10 bits per heavy atom. The average Bonchev–Trinajstić information content (AvgIpc) is 2.48. The molecule has 0 atom stereocenters. The molecule has 1 aliphatic carbocycles. The number of ether oxygens (including phenoxy) is 2. The van der Waals surface area contributed by atoms with Crippen LogP contribution in [0.15, 0.2) is 24.3 Å². The summed E-state index contributed by atoms with van der Waals surface area (Å²) in [6.45, 7) is 1.91. The number of hydrogen-bond acceptors (Lipinski definition) is 3. The second kappa shape index (κ2) is 7.90. The molecule has 20 heavy (non-hydrogen) atoms. The minimum Gasteiger partial charge on any atom is -0.491 e. The quantitative estimate of drug-likeness (QED) is 0.777. The number of carboxylic acids is 1. The number of aromatic carboxylic acids is 1. The molecule has 4 nitrogen and oxygen atoms in total. The van der Waals surface area contributed by atoms with Gasteiger partial charge in [-0.05, 0) is 43.0 Å². The molecule has 0 bridgehead atoms. The number of carbonyl (C=O) groups is 1. The fourth-order valence-corrected chi connectivity index (χ4v) is 2.52. The molecule has 1 fully saturated rings. The third-order valence-electron chi connectivity index (χ3n) is 3.68. The molecule has 1 N–H and O–H groups in total. The van der Waals surface area contributed by atoms with Crippen molar-refractivity contribution in [3.8, 4) is 5.75 Å². The topological polar surface area (TPSA) is 55.8 Å². The highest BCUT2D eigenvalue weighted by molar-refractivity contribution is 5.87. The van der Waals surface area contributed by atoms with Gasteiger partial charge in [0.25, 0.3) is 0 Å². The largest absolute Gasteiger partial charge is 0.491 e. The van der Waals surface area contributed by atoms with Crippen LogP contribution >= 0.6 is 0 Å². The maximum absolute atomic E-state index is 10.7. The van der Waals surface area contributed by atoms with E-state index in [-0.39, 0.29) is 5.56 Å². The second-order valence-corrected chi connectivity index (χ2v) is 5.26. The molecule has 110 valence electrons. The highest BCUT2D eigenvalue weighted by Crippen LogP contribution is 2.23. The van der Waals surface area contributed by atoms with E-state index in [4.69, 9.17) is 14.6 Å². The zero-order valence-corrected chi connectivity index (χ0v) is 11.7. The van der Waals surface area contributed by atoms with Crippen LogP contribution in [0.4, 0.5) is 0 Å². The van der Waals surface area contributed by atoms with Gasteiger partial charge in [0.1, 0.15) is 12.4 Å². The van der Waals surface area contributed by atoms with Gasteiger partial charge in [-0.1, -0.05) is 19.3 Å². The van der Waals surface area contributed by atoms with Crippen molar-refractivity contribution in [1.82, 2.24) is 0 Å². The summed E-state index contributed by atoms with van der Waals surface area (Å²) in [6.07, 6.45) is 6.61. The molecule has 4 heteroatoms. The van der Waals surface area contributed by atoms with Gasteiger partial charge in [-0.25, -0.2) is 4.79 Å². The lowest BCUT2D eigenvalue weighted by atomic mass is 9.90. The highest BCUT2D eigenvalue weighted by atomic mass is 16.5. The van der Waals surface area contributed by atoms with Gasteiger partial charge in [-0.3, -0.25) is 0 Å². The van der Waals surface area contributed by atoms with Gasteiger partial charge in [-0.2, -0.15) is 0 Å². The third-order valence-corrected chi connectivity index (χ3v) is 3.68. The summed E-state index contributed by atoms with van der Waals surface area (Å²) in [7, 11) is 0. The molecule has 0 unspecified atom stereocenters. The Morgan fingerprint density at radius 3 is 2.45 bits per heavy atom. The van der Waals surface area contributed by atoms with Crippen molar-refractivity contribution in [1.29, 1.82) is 0 Å². The molecule has 0 aromatic heterocycles. The van der Waals surface area contributed by atoms with E-state index >= 15 is 0 Å². The lowest BCUT2D eigenvalue weighted by Gasteiger charge is -2.21. The van der Waals surface area contributed by atoms with Crippen molar-refractivity contribution >= 4 is 5.97 Å². The lowest BCUT2D eigenvalue weighted by molar-refractivity contribution is 0.0635. The standard InChI is InChI=1S/C16H22O4/c17-16(18)14-6-8-15(9-7-14)20-11-10-19-12-13-4-2-1-3-5-13/h6-9,13H,1-5,10-12H2,(H,17,18). The minimum atomic E-state index is -0.924. The summed E-state index contributed by atoms with van der Waals surface area (Å²) in [5, 5.41) is 8.78. The fraction of sp³-hybridized carbons (Fsp3) is 0.562. The smallest absolute Gasteiger partial charge is 0.335 e. The molecule has 0 radical (unpaired) electrons. The Hall–Kier alpha value is -1.55. The summed E-state index contributed by atoms with van der Waals surface area (Å²) < 4.78 is 11.1. The Kier molecular flexibility index (Phi) is 5.87. The zero-order valence-electron chi connectivity index (χ0n) is 11.7. The molecule has 0 amide bonds. The first-order chi connectivity index (χ1) is 9.75. The van der Waals surface area contributed by atoms with E-state index in [1.165, 1.54) is 32.1 Å².